The molecule has 0 aliphatic carbocycles. The van der Waals surface area contributed by atoms with Gasteiger partial charge in [0.25, 0.3) is 11.8 Å². The first-order chi connectivity index (χ1) is 9.66. The van der Waals surface area contributed by atoms with Gasteiger partial charge in [0.05, 0.1) is 0 Å². The molecule has 1 unspecified atom stereocenters. The molecular weight excluding hydrogens is 272 g/mol. The number of carbonyl (C=O) groups excluding carboxylic acids is 4. The molecular formula is C15H22N2O4. The van der Waals surface area contributed by atoms with Gasteiger partial charge in [-0.05, 0) is 27.7 Å². The monoisotopic (exact) mass is 294 g/mol. The SMILES string of the molecule is CC(C)N1C(=O)C=CC1=O.CC1CC(=O)N(C(C)C)C1=O. The van der Waals surface area contributed by atoms with Crippen LogP contribution in [-0.4, -0.2) is 45.5 Å². The van der Waals surface area contributed by atoms with E-state index < -0.39 is 0 Å². The molecule has 0 bridgehead atoms. The minimum Gasteiger partial charge on any atom is -0.280 e. The Kier molecular flexibility index (Phi) is 5.41. The van der Waals surface area contributed by atoms with Crippen LogP contribution in [0.4, 0.5) is 0 Å². The molecule has 116 valence electrons. The van der Waals surface area contributed by atoms with Crippen LogP contribution in [0, 0.1) is 5.92 Å². The second-order valence-corrected chi connectivity index (χ2v) is 5.77. The highest BCUT2D eigenvalue weighted by Crippen LogP contribution is 2.20. The van der Waals surface area contributed by atoms with Crippen molar-refractivity contribution in [2.75, 3.05) is 0 Å². The van der Waals surface area contributed by atoms with Crippen LogP contribution < -0.4 is 0 Å². The Balaban J connectivity index is 0.000000211. The molecule has 0 aromatic rings. The Morgan fingerprint density at radius 1 is 0.905 bits per heavy atom. The molecule has 0 aromatic carbocycles. The van der Waals surface area contributed by atoms with E-state index in [4.69, 9.17) is 0 Å². The number of imide groups is 2. The number of hydrogen-bond acceptors (Lipinski definition) is 4. The van der Waals surface area contributed by atoms with Gasteiger partial charge in [-0.15, -0.1) is 0 Å². The number of nitrogens with zero attached hydrogens (tertiary/aromatic N) is 2. The van der Waals surface area contributed by atoms with E-state index in [1.165, 1.54) is 22.0 Å². The summed E-state index contributed by atoms with van der Waals surface area (Å²) in [5.74, 6) is -0.576. The van der Waals surface area contributed by atoms with E-state index in [2.05, 4.69) is 0 Å². The molecule has 1 fully saturated rings. The van der Waals surface area contributed by atoms with Crippen molar-refractivity contribution in [3.63, 3.8) is 0 Å². The van der Waals surface area contributed by atoms with Crippen molar-refractivity contribution < 1.29 is 19.2 Å². The molecule has 1 saturated heterocycles. The molecule has 2 aliphatic rings. The molecule has 0 N–H and O–H groups in total. The van der Waals surface area contributed by atoms with E-state index in [-0.39, 0.29) is 41.6 Å². The zero-order chi connectivity index (χ0) is 16.3. The van der Waals surface area contributed by atoms with Crippen LogP contribution in [0.2, 0.25) is 0 Å². The lowest BCUT2D eigenvalue weighted by Crippen LogP contribution is -2.36. The molecule has 2 heterocycles. The second kappa shape index (κ2) is 6.65. The van der Waals surface area contributed by atoms with Crippen LogP contribution >= 0.6 is 0 Å². The third-order valence-electron chi connectivity index (χ3n) is 3.28. The molecule has 0 saturated carbocycles. The lowest BCUT2D eigenvalue weighted by atomic mass is 10.1. The predicted molar refractivity (Wildman–Crippen MR) is 76.9 cm³/mol. The van der Waals surface area contributed by atoms with Gasteiger partial charge in [-0.25, -0.2) is 0 Å². The maximum Gasteiger partial charge on any atom is 0.253 e. The van der Waals surface area contributed by atoms with Crippen LogP contribution in [0.15, 0.2) is 12.2 Å². The van der Waals surface area contributed by atoms with E-state index in [0.717, 1.165) is 0 Å². The van der Waals surface area contributed by atoms with Crippen LogP contribution in [0.25, 0.3) is 0 Å². The first kappa shape index (κ1) is 17.1. The van der Waals surface area contributed by atoms with Gasteiger partial charge in [0.2, 0.25) is 11.8 Å². The van der Waals surface area contributed by atoms with E-state index in [9.17, 15) is 19.2 Å². The minimum absolute atomic E-state index is 0.0138. The fraction of sp³-hybridized carbons (Fsp3) is 0.600. The molecule has 0 spiro atoms. The molecule has 6 heteroatoms. The first-order valence-corrected chi connectivity index (χ1v) is 7.08. The Bertz CT molecular complexity index is 476. The average molecular weight is 294 g/mol. The summed E-state index contributed by atoms with van der Waals surface area (Å²) in [6.45, 7) is 9.12. The van der Waals surface area contributed by atoms with Crippen molar-refractivity contribution in [2.24, 2.45) is 5.92 Å². The van der Waals surface area contributed by atoms with Crippen molar-refractivity contribution in [3.8, 4) is 0 Å². The molecule has 0 aromatic heterocycles. The molecule has 6 nitrogen and oxygen atoms in total. The summed E-state index contributed by atoms with van der Waals surface area (Å²) in [7, 11) is 0. The topological polar surface area (TPSA) is 74.8 Å². The summed E-state index contributed by atoms with van der Waals surface area (Å²) in [5.41, 5.74) is 0. The number of hydrogen-bond donors (Lipinski definition) is 0. The lowest BCUT2D eigenvalue weighted by molar-refractivity contribution is -0.141. The van der Waals surface area contributed by atoms with Gasteiger partial charge < -0.3 is 0 Å². The van der Waals surface area contributed by atoms with Gasteiger partial charge >= 0.3 is 0 Å². The van der Waals surface area contributed by atoms with Crippen LogP contribution in [0.1, 0.15) is 41.0 Å². The zero-order valence-corrected chi connectivity index (χ0v) is 13.1. The van der Waals surface area contributed by atoms with Crippen molar-refractivity contribution in [1.82, 2.24) is 9.80 Å². The van der Waals surface area contributed by atoms with E-state index in [1.54, 1.807) is 6.92 Å². The van der Waals surface area contributed by atoms with Crippen molar-refractivity contribution in [2.45, 2.75) is 53.1 Å². The predicted octanol–water partition coefficient (Wildman–Crippen LogP) is 1.11. The number of rotatable bonds is 2. The van der Waals surface area contributed by atoms with Crippen LogP contribution in [0.5, 0.6) is 0 Å². The number of amides is 4. The third-order valence-corrected chi connectivity index (χ3v) is 3.28. The highest BCUT2D eigenvalue weighted by molar-refractivity contribution is 6.13. The summed E-state index contributed by atoms with van der Waals surface area (Å²) in [6, 6.07) is -0.0186. The van der Waals surface area contributed by atoms with Crippen molar-refractivity contribution in [3.05, 3.63) is 12.2 Å². The van der Waals surface area contributed by atoms with Crippen LogP contribution in [0.3, 0.4) is 0 Å². The Labute approximate surface area is 124 Å². The maximum atomic E-state index is 11.3. The second-order valence-electron chi connectivity index (χ2n) is 5.77. The van der Waals surface area contributed by atoms with E-state index in [1.807, 2.05) is 27.7 Å². The van der Waals surface area contributed by atoms with Gasteiger partial charge in [-0.2, -0.15) is 0 Å². The fourth-order valence-corrected chi connectivity index (χ4v) is 2.27. The van der Waals surface area contributed by atoms with E-state index >= 15 is 0 Å². The number of carbonyl (C=O) groups is 4. The van der Waals surface area contributed by atoms with Crippen molar-refractivity contribution >= 4 is 23.6 Å². The average Bonchev–Trinajstić information content (AvgIpc) is 2.80. The van der Waals surface area contributed by atoms with Gasteiger partial charge in [0.15, 0.2) is 0 Å². The smallest absolute Gasteiger partial charge is 0.253 e. The Morgan fingerprint density at radius 3 is 1.52 bits per heavy atom. The van der Waals surface area contributed by atoms with E-state index in [0.29, 0.717) is 6.42 Å². The fourth-order valence-electron chi connectivity index (χ4n) is 2.27. The van der Waals surface area contributed by atoms with Gasteiger partial charge in [0, 0.05) is 36.6 Å². The summed E-state index contributed by atoms with van der Waals surface area (Å²) >= 11 is 0. The maximum absolute atomic E-state index is 11.3. The summed E-state index contributed by atoms with van der Waals surface area (Å²) in [5, 5.41) is 0. The largest absolute Gasteiger partial charge is 0.280 e. The molecule has 2 rings (SSSR count). The zero-order valence-electron chi connectivity index (χ0n) is 13.1. The lowest BCUT2D eigenvalue weighted by Gasteiger charge is -2.18. The molecule has 0 radical (unpaired) electrons. The van der Waals surface area contributed by atoms with Crippen molar-refractivity contribution in [1.29, 1.82) is 0 Å². The minimum atomic E-state index is -0.208. The van der Waals surface area contributed by atoms with Gasteiger partial charge in [-0.1, -0.05) is 6.92 Å². The highest BCUT2D eigenvalue weighted by atomic mass is 16.2. The Morgan fingerprint density at radius 2 is 1.33 bits per heavy atom. The molecule has 21 heavy (non-hydrogen) atoms. The highest BCUT2D eigenvalue weighted by Gasteiger charge is 2.36. The summed E-state index contributed by atoms with van der Waals surface area (Å²) in [6.07, 6.45) is 2.97. The summed E-state index contributed by atoms with van der Waals surface area (Å²) < 4.78 is 0. The molecule has 1 atom stereocenters. The molecule has 4 amide bonds. The van der Waals surface area contributed by atoms with Gasteiger partial charge in [0.1, 0.15) is 0 Å². The summed E-state index contributed by atoms with van der Waals surface area (Å²) in [4.78, 5) is 46.7. The van der Waals surface area contributed by atoms with Gasteiger partial charge in [-0.3, -0.25) is 29.0 Å². The molecule has 2 aliphatic heterocycles. The van der Waals surface area contributed by atoms with Crippen LogP contribution in [-0.2, 0) is 19.2 Å². The standard InChI is InChI=1S/C8H13NO2.C7H9NO2/c1-5(2)9-7(10)4-6(3)8(9)11;1-5(2)8-6(9)3-4-7(8)10/h5-6H,4H2,1-3H3;3-5H,1-2H3. The quantitative estimate of drug-likeness (QED) is 0.715. The number of likely N-dealkylation sites (tertiary alicyclic amines) is 1. The Hall–Kier alpha value is -1.98. The normalized spacial score (nSPS) is 21.8. The first-order valence-electron chi connectivity index (χ1n) is 7.08. The third kappa shape index (κ3) is 3.77.